The van der Waals surface area contributed by atoms with Gasteiger partial charge in [0.2, 0.25) is 5.91 Å². The fourth-order valence-corrected chi connectivity index (χ4v) is 3.55. The monoisotopic (exact) mass is 314 g/mol. The van der Waals surface area contributed by atoms with Crippen LogP contribution in [0.25, 0.3) is 0 Å². The van der Waals surface area contributed by atoms with Crippen LogP contribution >= 0.6 is 0 Å². The van der Waals surface area contributed by atoms with E-state index in [1.165, 1.54) is 24.9 Å². The van der Waals surface area contributed by atoms with Crippen LogP contribution in [0.2, 0.25) is 0 Å². The van der Waals surface area contributed by atoms with E-state index in [0.717, 1.165) is 38.3 Å². The van der Waals surface area contributed by atoms with Crippen molar-refractivity contribution in [1.29, 1.82) is 0 Å². The van der Waals surface area contributed by atoms with Crippen molar-refractivity contribution in [2.24, 2.45) is 5.92 Å². The molecule has 3 rings (SSSR count). The minimum absolute atomic E-state index is 0.335. The molecular weight excluding hydrogens is 284 g/mol. The molecule has 1 N–H and O–H groups in total. The SMILES string of the molecule is CCC(CC(=O)N1CCC(NCC2CC2)CC1)c1ccccc1. The van der Waals surface area contributed by atoms with Crippen molar-refractivity contribution >= 4 is 5.91 Å². The molecule has 3 heteroatoms. The second-order valence-electron chi connectivity index (χ2n) is 7.23. The number of carbonyl (C=O) groups is 1. The normalized spacial score (nSPS) is 20.5. The van der Waals surface area contributed by atoms with Crippen molar-refractivity contribution in [2.75, 3.05) is 19.6 Å². The Kier molecular flexibility index (Phi) is 5.71. The number of carbonyl (C=O) groups excluding carboxylic acids is 1. The third-order valence-electron chi connectivity index (χ3n) is 5.42. The Labute approximate surface area is 140 Å². The quantitative estimate of drug-likeness (QED) is 0.834. The van der Waals surface area contributed by atoms with Crippen molar-refractivity contribution in [1.82, 2.24) is 10.2 Å². The molecule has 1 saturated carbocycles. The summed E-state index contributed by atoms with van der Waals surface area (Å²) in [5, 5.41) is 3.68. The first kappa shape index (κ1) is 16.5. The highest BCUT2D eigenvalue weighted by molar-refractivity contribution is 5.77. The maximum Gasteiger partial charge on any atom is 0.223 e. The summed E-state index contributed by atoms with van der Waals surface area (Å²) in [5.41, 5.74) is 1.30. The van der Waals surface area contributed by atoms with E-state index >= 15 is 0 Å². The Morgan fingerprint density at radius 2 is 1.87 bits per heavy atom. The van der Waals surface area contributed by atoms with E-state index < -0.39 is 0 Å². The molecule has 0 bridgehead atoms. The summed E-state index contributed by atoms with van der Waals surface area (Å²) in [6.07, 6.45) is 6.71. The number of nitrogens with zero attached hydrogens (tertiary/aromatic N) is 1. The summed E-state index contributed by atoms with van der Waals surface area (Å²) in [4.78, 5) is 14.7. The number of hydrogen-bond donors (Lipinski definition) is 1. The largest absolute Gasteiger partial charge is 0.343 e. The highest BCUT2D eigenvalue weighted by Crippen LogP contribution is 2.28. The summed E-state index contributed by atoms with van der Waals surface area (Å²) >= 11 is 0. The maximum atomic E-state index is 12.6. The summed E-state index contributed by atoms with van der Waals surface area (Å²) in [6, 6.07) is 11.1. The van der Waals surface area contributed by atoms with Gasteiger partial charge in [0.05, 0.1) is 0 Å². The Hall–Kier alpha value is -1.35. The van der Waals surface area contributed by atoms with Crippen molar-refractivity contribution in [2.45, 2.75) is 57.4 Å². The molecule has 3 nitrogen and oxygen atoms in total. The lowest BCUT2D eigenvalue weighted by Crippen LogP contribution is -2.45. The number of nitrogens with one attached hydrogen (secondary N) is 1. The van der Waals surface area contributed by atoms with Gasteiger partial charge in [-0.1, -0.05) is 37.3 Å². The first-order valence-electron chi connectivity index (χ1n) is 9.32. The molecule has 2 fully saturated rings. The Morgan fingerprint density at radius 1 is 1.17 bits per heavy atom. The number of piperidine rings is 1. The van der Waals surface area contributed by atoms with Crippen LogP contribution in [-0.4, -0.2) is 36.5 Å². The second-order valence-corrected chi connectivity index (χ2v) is 7.23. The molecule has 23 heavy (non-hydrogen) atoms. The third-order valence-corrected chi connectivity index (χ3v) is 5.42. The highest BCUT2D eigenvalue weighted by Gasteiger charge is 2.26. The Morgan fingerprint density at radius 3 is 2.48 bits per heavy atom. The van der Waals surface area contributed by atoms with Crippen LogP contribution in [-0.2, 0) is 4.79 Å². The fourth-order valence-electron chi connectivity index (χ4n) is 3.55. The first-order chi connectivity index (χ1) is 11.3. The van der Waals surface area contributed by atoms with E-state index in [1.807, 2.05) is 6.07 Å². The number of hydrogen-bond acceptors (Lipinski definition) is 2. The van der Waals surface area contributed by atoms with Crippen LogP contribution in [0.3, 0.4) is 0 Å². The number of benzene rings is 1. The molecule has 1 aromatic rings. The molecular formula is C20H30N2O. The summed E-state index contributed by atoms with van der Waals surface area (Å²) in [7, 11) is 0. The zero-order valence-electron chi connectivity index (χ0n) is 14.3. The molecule has 0 spiro atoms. The van der Waals surface area contributed by atoms with Gasteiger partial charge in [-0.05, 0) is 56.0 Å². The van der Waals surface area contributed by atoms with Crippen LogP contribution < -0.4 is 5.32 Å². The zero-order valence-corrected chi connectivity index (χ0v) is 14.3. The van der Waals surface area contributed by atoms with Crippen LogP contribution in [0.5, 0.6) is 0 Å². The predicted octanol–water partition coefficient (Wildman–Crippen LogP) is 3.56. The zero-order chi connectivity index (χ0) is 16.1. The Bertz CT molecular complexity index is 490. The summed E-state index contributed by atoms with van der Waals surface area (Å²) in [6.45, 7) is 5.21. The van der Waals surface area contributed by atoms with Gasteiger partial charge >= 0.3 is 0 Å². The standard InChI is InChI=1S/C20H30N2O/c1-2-17(18-6-4-3-5-7-18)14-20(23)22-12-10-19(11-13-22)21-15-16-8-9-16/h3-7,16-17,19,21H,2,8-15H2,1H3. The molecule has 2 aliphatic rings. The van der Waals surface area contributed by atoms with Crippen LogP contribution in [0.4, 0.5) is 0 Å². The highest BCUT2D eigenvalue weighted by atomic mass is 16.2. The molecule has 0 radical (unpaired) electrons. The van der Waals surface area contributed by atoms with Crippen molar-refractivity contribution in [3.63, 3.8) is 0 Å². The van der Waals surface area contributed by atoms with Crippen molar-refractivity contribution < 1.29 is 4.79 Å². The van der Waals surface area contributed by atoms with Gasteiger partial charge in [-0.2, -0.15) is 0 Å². The van der Waals surface area contributed by atoms with E-state index in [9.17, 15) is 4.79 Å². The Balaban J connectivity index is 1.44. The fraction of sp³-hybridized carbons (Fsp3) is 0.650. The first-order valence-corrected chi connectivity index (χ1v) is 9.32. The van der Waals surface area contributed by atoms with E-state index in [2.05, 4.69) is 41.4 Å². The van der Waals surface area contributed by atoms with E-state index in [1.54, 1.807) is 0 Å². The molecule has 1 atom stereocenters. The van der Waals surface area contributed by atoms with Gasteiger partial charge in [0, 0.05) is 25.6 Å². The van der Waals surface area contributed by atoms with Crippen molar-refractivity contribution in [3.05, 3.63) is 35.9 Å². The molecule has 1 unspecified atom stereocenters. The van der Waals surface area contributed by atoms with Crippen LogP contribution in [0.1, 0.15) is 56.9 Å². The van der Waals surface area contributed by atoms with E-state index in [4.69, 9.17) is 0 Å². The molecule has 1 aromatic carbocycles. The summed E-state index contributed by atoms with van der Waals surface area (Å²) < 4.78 is 0. The molecule has 1 aliphatic heterocycles. The number of amides is 1. The van der Waals surface area contributed by atoms with Crippen LogP contribution in [0, 0.1) is 5.92 Å². The van der Waals surface area contributed by atoms with Crippen molar-refractivity contribution in [3.8, 4) is 0 Å². The molecule has 1 saturated heterocycles. The van der Waals surface area contributed by atoms with Crippen LogP contribution in [0.15, 0.2) is 30.3 Å². The molecule has 1 amide bonds. The van der Waals surface area contributed by atoms with Gasteiger partial charge in [-0.3, -0.25) is 4.79 Å². The lowest BCUT2D eigenvalue weighted by atomic mass is 9.92. The number of likely N-dealkylation sites (tertiary alicyclic amines) is 1. The molecule has 0 aromatic heterocycles. The minimum atomic E-state index is 0.335. The van der Waals surface area contributed by atoms with Gasteiger partial charge in [0.25, 0.3) is 0 Å². The molecule has 1 heterocycles. The van der Waals surface area contributed by atoms with E-state index in [-0.39, 0.29) is 0 Å². The topological polar surface area (TPSA) is 32.3 Å². The molecule has 126 valence electrons. The summed E-state index contributed by atoms with van der Waals surface area (Å²) in [5.74, 6) is 1.63. The maximum absolute atomic E-state index is 12.6. The van der Waals surface area contributed by atoms with Gasteiger partial charge in [-0.15, -0.1) is 0 Å². The van der Waals surface area contributed by atoms with E-state index in [0.29, 0.717) is 24.3 Å². The average molecular weight is 314 g/mol. The minimum Gasteiger partial charge on any atom is -0.343 e. The molecule has 1 aliphatic carbocycles. The van der Waals surface area contributed by atoms with Gasteiger partial charge in [0.15, 0.2) is 0 Å². The van der Waals surface area contributed by atoms with Gasteiger partial charge < -0.3 is 10.2 Å². The predicted molar refractivity (Wildman–Crippen MR) is 94.4 cm³/mol. The third kappa shape index (κ3) is 4.81. The van der Waals surface area contributed by atoms with Gasteiger partial charge in [-0.25, -0.2) is 0 Å². The average Bonchev–Trinajstić information content (AvgIpc) is 3.43. The smallest absolute Gasteiger partial charge is 0.223 e. The number of rotatable bonds is 7. The van der Waals surface area contributed by atoms with Gasteiger partial charge in [0.1, 0.15) is 0 Å². The lowest BCUT2D eigenvalue weighted by molar-refractivity contribution is -0.132. The second kappa shape index (κ2) is 7.96. The lowest BCUT2D eigenvalue weighted by Gasteiger charge is -2.33.